The molecule has 2 rings (SSSR count). The predicted octanol–water partition coefficient (Wildman–Crippen LogP) is 2.46. The van der Waals surface area contributed by atoms with E-state index in [4.69, 9.17) is 10.5 Å². The van der Waals surface area contributed by atoms with Crippen molar-refractivity contribution in [2.75, 3.05) is 19.4 Å². The molecule has 0 radical (unpaired) electrons. The van der Waals surface area contributed by atoms with Gasteiger partial charge >= 0.3 is 0 Å². The van der Waals surface area contributed by atoms with E-state index in [0.717, 1.165) is 16.3 Å². The van der Waals surface area contributed by atoms with Gasteiger partial charge in [-0.2, -0.15) is 0 Å². The molecule has 0 bridgehead atoms. The lowest BCUT2D eigenvalue weighted by molar-refractivity contribution is -0.130. The zero-order chi connectivity index (χ0) is 15.2. The normalized spacial score (nSPS) is 10.4. The topological polar surface area (TPSA) is 68.5 Å². The summed E-state index contributed by atoms with van der Waals surface area (Å²) < 4.78 is 5.53. The van der Waals surface area contributed by atoms with Crippen LogP contribution in [0.2, 0.25) is 0 Å². The molecule has 0 unspecified atom stereocenters. The van der Waals surface area contributed by atoms with Gasteiger partial charge in [0.25, 0.3) is 0 Å². The molecule has 112 valence electrons. The van der Waals surface area contributed by atoms with Crippen LogP contribution in [-0.4, -0.2) is 29.4 Å². The maximum Gasteiger partial charge on any atom is 0.226 e. The van der Waals surface area contributed by atoms with E-state index in [0.29, 0.717) is 25.3 Å². The summed E-state index contributed by atoms with van der Waals surface area (Å²) in [5, 5.41) is 0. The van der Waals surface area contributed by atoms with E-state index in [1.165, 1.54) is 0 Å². The van der Waals surface area contributed by atoms with Gasteiger partial charge in [-0.05, 0) is 31.2 Å². The summed E-state index contributed by atoms with van der Waals surface area (Å²) >= 11 is 1.57. The molecule has 2 aromatic rings. The quantitative estimate of drug-likeness (QED) is 0.832. The first-order chi connectivity index (χ1) is 10.1. The van der Waals surface area contributed by atoms with Gasteiger partial charge in [0, 0.05) is 17.6 Å². The highest BCUT2D eigenvalue weighted by Gasteiger charge is 2.12. The Morgan fingerprint density at radius 1 is 1.38 bits per heavy atom. The van der Waals surface area contributed by atoms with E-state index in [9.17, 15) is 4.79 Å². The minimum atomic E-state index is 0.0539. The fraction of sp³-hybridized carbons (Fsp3) is 0.333. The highest BCUT2D eigenvalue weighted by atomic mass is 32.1. The largest absolute Gasteiger partial charge is 0.493 e. The monoisotopic (exact) mass is 305 g/mol. The van der Waals surface area contributed by atoms with Crippen molar-refractivity contribution in [2.45, 2.75) is 19.9 Å². The Kier molecular flexibility index (Phi) is 5.16. The molecule has 0 aliphatic heterocycles. The molecule has 6 heteroatoms. The molecule has 0 saturated heterocycles. The number of hydrogen-bond acceptors (Lipinski definition) is 5. The van der Waals surface area contributed by atoms with Crippen molar-refractivity contribution in [1.29, 1.82) is 0 Å². The number of nitrogen functional groups attached to an aromatic ring is 1. The molecule has 0 spiro atoms. The zero-order valence-electron chi connectivity index (χ0n) is 12.2. The predicted molar refractivity (Wildman–Crippen MR) is 84.3 cm³/mol. The van der Waals surface area contributed by atoms with Gasteiger partial charge < -0.3 is 15.4 Å². The molecule has 21 heavy (non-hydrogen) atoms. The van der Waals surface area contributed by atoms with Crippen molar-refractivity contribution >= 4 is 22.9 Å². The number of anilines is 1. The first kappa shape index (κ1) is 15.3. The number of aryl methyl sites for hydroxylation is 1. The Bertz CT molecular complexity index is 595. The zero-order valence-corrected chi connectivity index (χ0v) is 13.0. The van der Waals surface area contributed by atoms with Gasteiger partial charge in [0.15, 0.2) is 0 Å². The summed E-state index contributed by atoms with van der Waals surface area (Å²) in [4.78, 5) is 19.0. The molecule has 0 aliphatic carbocycles. The van der Waals surface area contributed by atoms with E-state index in [1.54, 1.807) is 53.1 Å². The lowest BCUT2D eigenvalue weighted by Crippen LogP contribution is -2.27. The van der Waals surface area contributed by atoms with Gasteiger partial charge in [-0.25, -0.2) is 4.98 Å². The van der Waals surface area contributed by atoms with Crippen LogP contribution in [0.4, 0.5) is 5.69 Å². The second-order valence-electron chi connectivity index (χ2n) is 4.78. The van der Waals surface area contributed by atoms with E-state index in [1.807, 2.05) is 6.92 Å². The number of ether oxygens (including phenoxy) is 1. The number of carbonyl (C=O) groups is 1. The first-order valence-electron chi connectivity index (χ1n) is 6.67. The summed E-state index contributed by atoms with van der Waals surface area (Å²) in [5.74, 6) is 0.774. The number of nitrogens with zero attached hydrogens (tertiary/aromatic N) is 2. The number of carbonyl (C=O) groups excluding carboxylic acids is 1. The Hall–Kier alpha value is -2.08. The van der Waals surface area contributed by atoms with Crippen LogP contribution in [0.3, 0.4) is 0 Å². The van der Waals surface area contributed by atoms with Crippen LogP contribution >= 0.6 is 11.3 Å². The van der Waals surface area contributed by atoms with E-state index in [-0.39, 0.29) is 5.91 Å². The minimum Gasteiger partial charge on any atom is -0.493 e. The Morgan fingerprint density at radius 2 is 2.10 bits per heavy atom. The van der Waals surface area contributed by atoms with E-state index in [2.05, 4.69) is 4.98 Å². The van der Waals surface area contributed by atoms with Gasteiger partial charge in [0.2, 0.25) is 5.91 Å². The van der Waals surface area contributed by atoms with Crippen LogP contribution in [0.15, 0.2) is 29.8 Å². The molecule has 1 amide bonds. The average Bonchev–Trinajstić information content (AvgIpc) is 2.86. The number of aromatic nitrogens is 1. The number of rotatable bonds is 6. The molecule has 1 aromatic carbocycles. The molecule has 5 nitrogen and oxygen atoms in total. The second-order valence-corrected chi connectivity index (χ2v) is 5.72. The van der Waals surface area contributed by atoms with Crippen LogP contribution < -0.4 is 10.5 Å². The Balaban J connectivity index is 1.76. The van der Waals surface area contributed by atoms with Gasteiger partial charge in [-0.15, -0.1) is 11.3 Å². The van der Waals surface area contributed by atoms with Crippen LogP contribution in [0.25, 0.3) is 0 Å². The van der Waals surface area contributed by atoms with Gasteiger partial charge in [-0.3, -0.25) is 4.79 Å². The van der Waals surface area contributed by atoms with Crippen molar-refractivity contribution in [3.8, 4) is 5.75 Å². The summed E-state index contributed by atoms with van der Waals surface area (Å²) in [5.41, 5.74) is 9.07. The summed E-state index contributed by atoms with van der Waals surface area (Å²) in [6, 6.07) is 7.14. The summed E-state index contributed by atoms with van der Waals surface area (Å²) in [6.45, 7) is 2.90. The molecule has 1 aromatic heterocycles. The van der Waals surface area contributed by atoms with Crippen molar-refractivity contribution in [3.05, 3.63) is 40.3 Å². The molecular formula is C15H19N3O2S. The highest BCUT2D eigenvalue weighted by Crippen LogP contribution is 2.15. The van der Waals surface area contributed by atoms with Gasteiger partial charge in [0.1, 0.15) is 5.75 Å². The molecule has 0 saturated carbocycles. The first-order valence-corrected chi connectivity index (χ1v) is 7.55. The molecular weight excluding hydrogens is 286 g/mol. The second kappa shape index (κ2) is 7.08. The highest BCUT2D eigenvalue weighted by molar-refractivity contribution is 7.09. The smallest absolute Gasteiger partial charge is 0.226 e. The van der Waals surface area contributed by atoms with Crippen molar-refractivity contribution < 1.29 is 9.53 Å². The number of nitrogens with two attached hydrogens (primary N) is 1. The molecule has 0 aliphatic rings. The van der Waals surface area contributed by atoms with Crippen LogP contribution in [-0.2, 0) is 11.3 Å². The van der Waals surface area contributed by atoms with Crippen LogP contribution in [0.1, 0.15) is 17.0 Å². The fourth-order valence-corrected chi connectivity index (χ4v) is 2.62. The van der Waals surface area contributed by atoms with Gasteiger partial charge in [-0.1, -0.05) is 0 Å². The summed E-state index contributed by atoms with van der Waals surface area (Å²) in [6.07, 6.45) is 0.346. The molecule has 1 heterocycles. The van der Waals surface area contributed by atoms with E-state index >= 15 is 0 Å². The third kappa shape index (κ3) is 4.46. The number of amides is 1. The van der Waals surface area contributed by atoms with Crippen molar-refractivity contribution in [1.82, 2.24) is 9.88 Å². The Labute approximate surface area is 128 Å². The maximum atomic E-state index is 12.0. The third-order valence-corrected chi connectivity index (χ3v) is 4.04. The van der Waals surface area contributed by atoms with Crippen LogP contribution in [0, 0.1) is 6.92 Å². The number of benzene rings is 1. The lowest BCUT2D eigenvalue weighted by atomic mass is 10.3. The molecule has 0 atom stereocenters. The third-order valence-electron chi connectivity index (χ3n) is 3.12. The average molecular weight is 305 g/mol. The number of hydrogen-bond donors (Lipinski definition) is 1. The molecule has 0 fully saturated rings. The SMILES string of the molecule is Cc1ncsc1CN(C)C(=O)CCOc1ccc(N)cc1. The van der Waals surface area contributed by atoms with Gasteiger partial charge in [0.05, 0.1) is 30.8 Å². The lowest BCUT2D eigenvalue weighted by Gasteiger charge is -2.16. The van der Waals surface area contributed by atoms with Crippen LogP contribution in [0.5, 0.6) is 5.75 Å². The fourth-order valence-electron chi connectivity index (χ4n) is 1.79. The van der Waals surface area contributed by atoms with Crippen molar-refractivity contribution in [2.24, 2.45) is 0 Å². The molecule has 2 N–H and O–H groups in total. The maximum absolute atomic E-state index is 12.0. The summed E-state index contributed by atoms with van der Waals surface area (Å²) in [7, 11) is 1.80. The van der Waals surface area contributed by atoms with Crippen molar-refractivity contribution in [3.63, 3.8) is 0 Å². The minimum absolute atomic E-state index is 0.0539. The van der Waals surface area contributed by atoms with E-state index < -0.39 is 0 Å². The Morgan fingerprint density at radius 3 is 2.71 bits per heavy atom. The number of thiazole rings is 1. The standard InChI is InChI=1S/C15H19N3O2S/c1-11-14(21-10-17-11)9-18(2)15(19)7-8-20-13-5-3-12(16)4-6-13/h3-6,10H,7-9,16H2,1-2H3.